The predicted molar refractivity (Wildman–Crippen MR) is 99.7 cm³/mol. The Kier molecular flexibility index (Phi) is 5.58. The lowest BCUT2D eigenvalue weighted by atomic mass is 9.99. The molecule has 0 radical (unpaired) electrons. The molecule has 160 valence electrons. The lowest BCUT2D eigenvalue weighted by Crippen LogP contribution is -2.40. The lowest BCUT2D eigenvalue weighted by molar-refractivity contribution is -0.141. The topological polar surface area (TPSA) is 70.5 Å². The molecule has 3 rings (SSSR count). The van der Waals surface area contributed by atoms with Crippen molar-refractivity contribution in [3.8, 4) is 0 Å². The van der Waals surface area contributed by atoms with E-state index < -0.39 is 52.8 Å². The number of rotatable bonds is 4. The molecule has 5 nitrogen and oxygen atoms in total. The number of carbonyl (C=O) groups is 2. The fourth-order valence-electron chi connectivity index (χ4n) is 4.02. The van der Waals surface area contributed by atoms with Gasteiger partial charge in [0.25, 0.3) is 5.91 Å². The van der Waals surface area contributed by atoms with E-state index in [1.54, 1.807) is 20.8 Å². The molecule has 0 fully saturated rings. The van der Waals surface area contributed by atoms with Crippen molar-refractivity contribution in [1.82, 2.24) is 9.88 Å². The zero-order chi connectivity index (χ0) is 22.4. The maximum Gasteiger partial charge on any atom is 0.434 e. The minimum absolute atomic E-state index is 0.202. The lowest BCUT2D eigenvalue weighted by Gasteiger charge is -2.34. The normalized spacial score (nSPS) is 18.4. The predicted octanol–water partition coefficient (Wildman–Crippen LogP) is 5.04. The molecule has 1 amide bonds. The Morgan fingerprint density at radius 1 is 1.20 bits per heavy atom. The average Bonchev–Trinajstić information content (AvgIpc) is 2.95. The highest BCUT2D eigenvalue weighted by Gasteiger charge is 2.42. The van der Waals surface area contributed by atoms with E-state index in [0.717, 1.165) is 18.3 Å². The van der Waals surface area contributed by atoms with Crippen LogP contribution >= 0.6 is 0 Å². The van der Waals surface area contributed by atoms with Gasteiger partial charge in [-0.05, 0) is 61.6 Å². The number of alkyl halides is 3. The SMILES string of the molecule is CC1C[C@@H](N(C(=O)c2cccnc2C(F)(F)F)C(C)C)c2cc(C(=O)O)c(F)cc21. The molecule has 0 aliphatic heterocycles. The molecule has 0 saturated heterocycles. The van der Waals surface area contributed by atoms with Crippen LogP contribution in [-0.2, 0) is 6.18 Å². The van der Waals surface area contributed by atoms with Crippen LogP contribution in [0.2, 0.25) is 0 Å². The fraction of sp³-hybridized carbons (Fsp3) is 0.381. The van der Waals surface area contributed by atoms with Crippen LogP contribution in [0.3, 0.4) is 0 Å². The van der Waals surface area contributed by atoms with Gasteiger partial charge < -0.3 is 10.0 Å². The number of nitrogens with zero attached hydrogens (tertiary/aromatic N) is 2. The molecule has 1 unspecified atom stereocenters. The highest BCUT2D eigenvalue weighted by Crippen LogP contribution is 2.45. The number of hydrogen-bond acceptors (Lipinski definition) is 3. The van der Waals surface area contributed by atoms with Gasteiger partial charge in [0.1, 0.15) is 5.82 Å². The van der Waals surface area contributed by atoms with Gasteiger partial charge in [-0.3, -0.25) is 9.78 Å². The number of fused-ring (bicyclic) bond motifs is 1. The maximum atomic E-state index is 14.2. The van der Waals surface area contributed by atoms with E-state index >= 15 is 0 Å². The molecule has 2 aromatic rings. The van der Waals surface area contributed by atoms with Crippen molar-refractivity contribution < 1.29 is 32.3 Å². The minimum atomic E-state index is -4.81. The van der Waals surface area contributed by atoms with Crippen molar-refractivity contribution in [2.75, 3.05) is 0 Å². The molecule has 0 saturated carbocycles. The van der Waals surface area contributed by atoms with Crippen molar-refractivity contribution in [1.29, 1.82) is 0 Å². The van der Waals surface area contributed by atoms with E-state index in [2.05, 4.69) is 4.98 Å². The van der Waals surface area contributed by atoms with Crippen molar-refractivity contribution in [2.45, 2.75) is 51.4 Å². The number of hydrogen-bond donors (Lipinski definition) is 1. The van der Waals surface area contributed by atoms with Crippen molar-refractivity contribution in [3.63, 3.8) is 0 Å². The standard InChI is InChI=1S/C21H20F4N2O3/c1-10(2)27(19(28)12-5-4-6-26-18(12)21(23,24)25)17-7-11(3)13-9-16(22)15(20(29)30)8-14(13)17/h4-6,8-11,17H,7H2,1-3H3,(H,29,30)/t11?,17-/m1/s1. The molecule has 0 spiro atoms. The van der Waals surface area contributed by atoms with Gasteiger partial charge in [0.2, 0.25) is 0 Å². The van der Waals surface area contributed by atoms with Gasteiger partial charge in [-0.1, -0.05) is 6.92 Å². The molecule has 1 heterocycles. The smallest absolute Gasteiger partial charge is 0.434 e. The molecular formula is C21H20F4N2O3. The summed E-state index contributed by atoms with van der Waals surface area (Å²) >= 11 is 0. The summed E-state index contributed by atoms with van der Waals surface area (Å²) in [5.74, 6) is -3.41. The second-order valence-corrected chi connectivity index (χ2v) is 7.62. The van der Waals surface area contributed by atoms with Crippen LogP contribution in [0.25, 0.3) is 0 Å². The average molecular weight is 424 g/mol. The van der Waals surface area contributed by atoms with Crippen LogP contribution in [-0.4, -0.2) is 32.9 Å². The molecule has 2 atom stereocenters. The number of benzene rings is 1. The number of carboxylic acids is 1. The van der Waals surface area contributed by atoms with Crippen LogP contribution in [0.1, 0.15) is 76.7 Å². The van der Waals surface area contributed by atoms with Gasteiger partial charge in [0.15, 0.2) is 5.69 Å². The molecule has 1 aliphatic rings. The third-order valence-electron chi connectivity index (χ3n) is 5.30. The van der Waals surface area contributed by atoms with E-state index in [9.17, 15) is 32.3 Å². The van der Waals surface area contributed by atoms with Crippen LogP contribution in [0.4, 0.5) is 17.6 Å². The Morgan fingerprint density at radius 3 is 2.43 bits per heavy atom. The van der Waals surface area contributed by atoms with E-state index in [1.807, 2.05) is 0 Å². The number of aromatic nitrogens is 1. The molecular weight excluding hydrogens is 404 g/mol. The molecule has 30 heavy (non-hydrogen) atoms. The first-order valence-electron chi connectivity index (χ1n) is 9.35. The Labute approximate surface area is 170 Å². The summed E-state index contributed by atoms with van der Waals surface area (Å²) in [6.45, 7) is 5.12. The van der Waals surface area contributed by atoms with Crippen LogP contribution in [0, 0.1) is 5.82 Å². The number of carbonyl (C=O) groups excluding carboxylic acids is 1. The van der Waals surface area contributed by atoms with Gasteiger partial charge in [-0.15, -0.1) is 0 Å². The van der Waals surface area contributed by atoms with Crippen LogP contribution in [0.5, 0.6) is 0 Å². The highest BCUT2D eigenvalue weighted by atomic mass is 19.4. The third kappa shape index (κ3) is 3.76. The molecule has 9 heteroatoms. The summed E-state index contributed by atoms with van der Waals surface area (Å²) in [5, 5.41) is 9.26. The van der Waals surface area contributed by atoms with Crippen LogP contribution < -0.4 is 0 Å². The fourth-order valence-corrected chi connectivity index (χ4v) is 4.02. The highest BCUT2D eigenvalue weighted by molar-refractivity contribution is 5.96. The Balaban J connectivity index is 2.12. The van der Waals surface area contributed by atoms with E-state index in [0.29, 0.717) is 17.5 Å². The summed E-state index contributed by atoms with van der Waals surface area (Å²) in [6.07, 6.45) is -3.51. The number of amides is 1. The third-order valence-corrected chi connectivity index (χ3v) is 5.30. The van der Waals surface area contributed by atoms with E-state index in [4.69, 9.17) is 0 Å². The zero-order valence-corrected chi connectivity index (χ0v) is 16.5. The van der Waals surface area contributed by atoms with Gasteiger partial charge in [-0.25, -0.2) is 9.18 Å². The van der Waals surface area contributed by atoms with Crippen molar-refractivity contribution in [3.05, 3.63) is 64.2 Å². The first-order chi connectivity index (χ1) is 13.9. The number of halogens is 4. The summed E-state index contributed by atoms with van der Waals surface area (Å²) < 4.78 is 54.4. The monoisotopic (exact) mass is 424 g/mol. The largest absolute Gasteiger partial charge is 0.478 e. The Bertz CT molecular complexity index is 1000. The van der Waals surface area contributed by atoms with Crippen molar-refractivity contribution in [2.24, 2.45) is 0 Å². The summed E-state index contributed by atoms with van der Waals surface area (Å²) in [7, 11) is 0. The Hall–Kier alpha value is -2.97. The zero-order valence-electron chi connectivity index (χ0n) is 16.5. The van der Waals surface area contributed by atoms with Crippen LogP contribution in [0.15, 0.2) is 30.5 Å². The van der Waals surface area contributed by atoms with Crippen molar-refractivity contribution >= 4 is 11.9 Å². The Morgan fingerprint density at radius 2 is 1.87 bits per heavy atom. The molecule has 1 aromatic carbocycles. The molecule has 0 bridgehead atoms. The van der Waals surface area contributed by atoms with Gasteiger partial charge >= 0.3 is 12.1 Å². The van der Waals surface area contributed by atoms with Gasteiger partial charge in [0, 0.05) is 12.2 Å². The number of pyridine rings is 1. The summed E-state index contributed by atoms with van der Waals surface area (Å²) in [4.78, 5) is 29.2. The minimum Gasteiger partial charge on any atom is -0.478 e. The quantitative estimate of drug-likeness (QED) is 0.699. The second-order valence-electron chi connectivity index (χ2n) is 7.62. The number of aromatic carboxylic acids is 1. The maximum absolute atomic E-state index is 14.2. The molecule has 1 N–H and O–H groups in total. The second kappa shape index (κ2) is 7.70. The first-order valence-corrected chi connectivity index (χ1v) is 9.35. The van der Waals surface area contributed by atoms with E-state index in [1.165, 1.54) is 17.0 Å². The van der Waals surface area contributed by atoms with Gasteiger partial charge in [0.05, 0.1) is 17.2 Å². The molecule has 1 aliphatic carbocycles. The van der Waals surface area contributed by atoms with Gasteiger partial charge in [-0.2, -0.15) is 13.2 Å². The summed E-state index contributed by atoms with van der Waals surface area (Å²) in [6, 6.07) is 3.45. The first kappa shape index (κ1) is 21.7. The molecule has 1 aromatic heterocycles. The van der Waals surface area contributed by atoms with E-state index in [-0.39, 0.29) is 5.92 Å². The number of carboxylic acid groups (broad SMARTS) is 1. The summed E-state index contributed by atoms with van der Waals surface area (Å²) in [5.41, 5.74) is -1.43.